The lowest BCUT2D eigenvalue weighted by Crippen LogP contribution is -2.25. The molecule has 3 aromatic rings. The predicted molar refractivity (Wildman–Crippen MR) is 121 cm³/mol. The van der Waals surface area contributed by atoms with Gasteiger partial charge in [0.25, 0.3) is 0 Å². The van der Waals surface area contributed by atoms with E-state index < -0.39 is 0 Å². The van der Waals surface area contributed by atoms with Gasteiger partial charge in [-0.25, -0.2) is 9.97 Å². The molecule has 3 rings (SSSR count). The van der Waals surface area contributed by atoms with Crippen molar-refractivity contribution < 1.29 is 4.74 Å². The average molecular weight is 430 g/mol. The highest BCUT2D eigenvalue weighted by Gasteiger charge is 2.13. The minimum absolute atomic E-state index is 0.521. The zero-order valence-corrected chi connectivity index (χ0v) is 18.2. The first-order chi connectivity index (χ1) is 14.1. The molecule has 0 atom stereocenters. The zero-order valence-electron chi connectivity index (χ0n) is 16.7. The van der Waals surface area contributed by atoms with Gasteiger partial charge in [-0.15, -0.1) is 0 Å². The van der Waals surface area contributed by atoms with E-state index in [2.05, 4.69) is 23.7 Å². The Bertz CT molecular complexity index is 910. The van der Waals surface area contributed by atoms with Crippen molar-refractivity contribution in [2.45, 2.75) is 20.3 Å². The van der Waals surface area contributed by atoms with Crippen LogP contribution in [0.3, 0.4) is 0 Å². The number of halogens is 2. The molecule has 2 aromatic carbocycles. The second-order valence-corrected chi connectivity index (χ2v) is 7.52. The van der Waals surface area contributed by atoms with E-state index in [0.29, 0.717) is 22.5 Å². The molecule has 0 bridgehead atoms. The molecule has 0 N–H and O–H groups in total. The quantitative estimate of drug-likeness (QED) is 0.378. The standard InChI is InChI=1S/C23H25Cl2N3O/c1-3-28(4-2)14-5-15-29-21-16-26-22(17-6-10-19(24)11-7-17)23(27-21)18-8-12-20(25)13-9-18/h6-13,16H,3-5,14-15H2,1-2H3. The van der Waals surface area contributed by atoms with Crippen molar-refractivity contribution in [1.82, 2.24) is 14.9 Å². The maximum Gasteiger partial charge on any atom is 0.232 e. The molecule has 0 aliphatic heterocycles. The highest BCUT2D eigenvalue weighted by atomic mass is 35.5. The molecular weight excluding hydrogens is 405 g/mol. The zero-order chi connectivity index (χ0) is 20.6. The third-order valence-electron chi connectivity index (χ3n) is 4.75. The minimum atomic E-state index is 0.521. The van der Waals surface area contributed by atoms with Gasteiger partial charge in [0.15, 0.2) is 0 Å². The van der Waals surface area contributed by atoms with Crippen molar-refractivity contribution in [3.8, 4) is 28.4 Å². The van der Waals surface area contributed by atoms with E-state index in [0.717, 1.165) is 48.6 Å². The summed E-state index contributed by atoms with van der Waals surface area (Å²) >= 11 is 12.1. The number of hydrogen-bond acceptors (Lipinski definition) is 4. The second-order valence-electron chi connectivity index (χ2n) is 6.65. The first-order valence-electron chi connectivity index (χ1n) is 9.84. The number of rotatable bonds is 9. The van der Waals surface area contributed by atoms with Gasteiger partial charge in [-0.3, -0.25) is 0 Å². The Morgan fingerprint density at radius 3 is 1.93 bits per heavy atom. The van der Waals surface area contributed by atoms with E-state index in [1.165, 1.54) is 0 Å². The number of benzene rings is 2. The van der Waals surface area contributed by atoms with Crippen molar-refractivity contribution in [3.05, 3.63) is 64.8 Å². The Balaban J connectivity index is 1.84. The number of aromatic nitrogens is 2. The third-order valence-corrected chi connectivity index (χ3v) is 5.25. The third kappa shape index (κ3) is 5.92. The van der Waals surface area contributed by atoms with Crippen molar-refractivity contribution in [2.24, 2.45) is 0 Å². The normalized spacial score (nSPS) is 11.1. The van der Waals surface area contributed by atoms with Gasteiger partial charge in [0.1, 0.15) is 5.69 Å². The van der Waals surface area contributed by atoms with Gasteiger partial charge in [0, 0.05) is 27.7 Å². The van der Waals surface area contributed by atoms with Crippen LogP contribution in [0.4, 0.5) is 0 Å². The predicted octanol–water partition coefficient (Wildman–Crippen LogP) is 6.23. The van der Waals surface area contributed by atoms with Crippen LogP contribution in [0.25, 0.3) is 22.5 Å². The molecule has 1 aromatic heterocycles. The van der Waals surface area contributed by atoms with Gasteiger partial charge < -0.3 is 9.64 Å². The summed E-state index contributed by atoms with van der Waals surface area (Å²) < 4.78 is 5.89. The summed E-state index contributed by atoms with van der Waals surface area (Å²) in [6.45, 7) is 8.05. The molecule has 0 spiro atoms. The summed E-state index contributed by atoms with van der Waals surface area (Å²) in [6, 6.07) is 15.2. The molecule has 152 valence electrons. The van der Waals surface area contributed by atoms with Gasteiger partial charge in [-0.2, -0.15) is 0 Å². The monoisotopic (exact) mass is 429 g/mol. The van der Waals surface area contributed by atoms with Gasteiger partial charge in [0.05, 0.1) is 18.5 Å². The molecule has 0 aliphatic carbocycles. The molecule has 0 saturated heterocycles. The van der Waals surface area contributed by atoms with E-state index >= 15 is 0 Å². The van der Waals surface area contributed by atoms with Gasteiger partial charge >= 0.3 is 0 Å². The fourth-order valence-electron chi connectivity index (χ4n) is 3.08. The Hall–Kier alpha value is -2.14. The number of nitrogens with zero attached hydrogens (tertiary/aromatic N) is 3. The lowest BCUT2D eigenvalue weighted by Gasteiger charge is -2.17. The molecule has 0 fully saturated rings. The van der Waals surface area contributed by atoms with Crippen LogP contribution < -0.4 is 4.74 Å². The van der Waals surface area contributed by atoms with E-state index in [4.69, 9.17) is 32.9 Å². The Morgan fingerprint density at radius 2 is 1.38 bits per heavy atom. The highest BCUT2D eigenvalue weighted by molar-refractivity contribution is 6.31. The van der Waals surface area contributed by atoms with Crippen LogP contribution in [0.5, 0.6) is 5.88 Å². The first kappa shape index (κ1) is 21.6. The lowest BCUT2D eigenvalue weighted by molar-refractivity contribution is 0.244. The van der Waals surface area contributed by atoms with E-state index in [1.807, 2.05) is 48.5 Å². The largest absolute Gasteiger partial charge is 0.477 e. The van der Waals surface area contributed by atoms with E-state index in [-0.39, 0.29) is 0 Å². The Labute approximate surface area is 182 Å². The summed E-state index contributed by atoms with van der Waals surface area (Å²) in [4.78, 5) is 11.8. The molecule has 0 aliphatic rings. The van der Waals surface area contributed by atoms with Gasteiger partial charge in [0.2, 0.25) is 5.88 Å². The van der Waals surface area contributed by atoms with E-state index in [1.54, 1.807) is 6.20 Å². The minimum Gasteiger partial charge on any atom is -0.477 e. The van der Waals surface area contributed by atoms with Crippen LogP contribution in [-0.2, 0) is 0 Å². The fraction of sp³-hybridized carbons (Fsp3) is 0.304. The number of ether oxygens (including phenoxy) is 1. The molecule has 0 unspecified atom stereocenters. The van der Waals surface area contributed by atoms with Crippen molar-refractivity contribution >= 4 is 23.2 Å². The number of hydrogen-bond donors (Lipinski definition) is 0. The SMILES string of the molecule is CCN(CC)CCCOc1cnc(-c2ccc(Cl)cc2)c(-c2ccc(Cl)cc2)n1. The highest BCUT2D eigenvalue weighted by Crippen LogP contribution is 2.31. The maximum absolute atomic E-state index is 6.06. The molecule has 4 nitrogen and oxygen atoms in total. The molecule has 1 heterocycles. The molecule has 29 heavy (non-hydrogen) atoms. The topological polar surface area (TPSA) is 38.2 Å². The Kier molecular flexibility index (Phi) is 7.87. The van der Waals surface area contributed by atoms with Crippen LogP contribution >= 0.6 is 23.2 Å². The average Bonchev–Trinajstić information content (AvgIpc) is 2.75. The van der Waals surface area contributed by atoms with Crippen LogP contribution in [0.2, 0.25) is 10.0 Å². The summed E-state index contributed by atoms with van der Waals surface area (Å²) in [5.41, 5.74) is 3.41. The first-order valence-corrected chi connectivity index (χ1v) is 10.6. The molecular formula is C23H25Cl2N3O. The maximum atomic E-state index is 6.06. The second kappa shape index (κ2) is 10.6. The van der Waals surface area contributed by atoms with E-state index in [9.17, 15) is 0 Å². The fourth-order valence-corrected chi connectivity index (χ4v) is 3.33. The van der Waals surface area contributed by atoms with Crippen LogP contribution in [-0.4, -0.2) is 41.1 Å². The van der Waals surface area contributed by atoms with Crippen LogP contribution in [0.1, 0.15) is 20.3 Å². The molecule has 0 amide bonds. The smallest absolute Gasteiger partial charge is 0.232 e. The Morgan fingerprint density at radius 1 is 0.828 bits per heavy atom. The van der Waals surface area contributed by atoms with Crippen LogP contribution in [0, 0.1) is 0 Å². The summed E-state index contributed by atoms with van der Waals surface area (Å²) in [7, 11) is 0. The molecule has 0 radical (unpaired) electrons. The summed E-state index contributed by atoms with van der Waals surface area (Å²) in [5.74, 6) is 0.521. The molecule has 0 saturated carbocycles. The van der Waals surface area contributed by atoms with Gasteiger partial charge in [-0.05, 0) is 43.8 Å². The van der Waals surface area contributed by atoms with Crippen molar-refractivity contribution in [1.29, 1.82) is 0 Å². The van der Waals surface area contributed by atoms with Gasteiger partial charge in [-0.1, -0.05) is 61.3 Å². The van der Waals surface area contributed by atoms with Crippen molar-refractivity contribution in [2.75, 3.05) is 26.2 Å². The lowest BCUT2D eigenvalue weighted by atomic mass is 10.0. The van der Waals surface area contributed by atoms with Crippen molar-refractivity contribution in [3.63, 3.8) is 0 Å². The molecule has 6 heteroatoms. The van der Waals surface area contributed by atoms with Crippen LogP contribution in [0.15, 0.2) is 54.7 Å². The summed E-state index contributed by atoms with van der Waals surface area (Å²) in [5, 5.41) is 1.36. The summed E-state index contributed by atoms with van der Waals surface area (Å²) in [6.07, 6.45) is 2.62.